The van der Waals surface area contributed by atoms with Gasteiger partial charge in [-0.05, 0) is 23.5 Å². The largest absolute Gasteiger partial charge is 0.503 e. The monoisotopic (exact) mass is 193 g/mol. The lowest BCUT2D eigenvalue weighted by atomic mass is 10.3. The fraction of sp³-hybridized carbons (Fsp3) is 0.125. The Balaban J connectivity index is 2.85. The summed E-state index contributed by atoms with van der Waals surface area (Å²) in [6.07, 6.45) is 2.68. The average molecular weight is 193 g/mol. The second kappa shape index (κ2) is 2.69. The van der Waals surface area contributed by atoms with Crippen molar-refractivity contribution in [3.8, 4) is 5.75 Å². The smallest absolute Gasteiger partial charge is 0.347 e. The van der Waals surface area contributed by atoms with Crippen molar-refractivity contribution in [2.75, 3.05) is 0 Å². The van der Waals surface area contributed by atoms with Gasteiger partial charge in [-0.1, -0.05) is 0 Å². The molecule has 2 heterocycles. The summed E-state index contributed by atoms with van der Waals surface area (Å²) in [5.41, 5.74) is 0.929. The summed E-state index contributed by atoms with van der Waals surface area (Å²) < 4.78 is 1.25. The lowest BCUT2D eigenvalue weighted by Crippen LogP contribution is -1.94. The van der Waals surface area contributed by atoms with Crippen molar-refractivity contribution in [1.82, 2.24) is 9.38 Å². The lowest BCUT2D eigenvalue weighted by Gasteiger charge is -1.96. The highest BCUT2D eigenvalue weighted by Gasteiger charge is 2.16. The van der Waals surface area contributed by atoms with Crippen LogP contribution in [0.5, 0.6) is 5.75 Å². The van der Waals surface area contributed by atoms with E-state index in [1.165, 1.54) is 10.5 Å². The molecular formula is C8H7N3O3. The van der Waals surface area contributed by atoms with Crippen molar-refractivity contribution >= 4 is 11.5 Å². The van der Waals surface area contributed by atoms with Crippen LogP contribution in [0, 0.1) is 17.0 Å². The molecule has 72 valence electrons. The molecule has 0 amide bonds. The molecule has 0 aliphatic heterocycles. The van der Waals surface area contributed by atoms with E-state index >= 15 is 0 Å². The molecule has 0 saturated carbocycles. The third-order valence-electron chi connectivity index (χ3n) is 1.89. The van der Waals surface area contributed by atoms with Gasteiger partial charge in [-0.25, -0.2) is 4.98 Å². The van der Waals surface area contributed by atoms with Gasteiger partial charge in [0.15, 0.2) is 5.75 Å². The molecule has 0 bridgehead atoms. The van der Waals surface area contributed by atoms with Gasteiger partial charge in [0.2, 0.25) is 0 Å². The molecule has 0 aliphatic rings. The van der Waals surface area contributed by atoms with E-state index in [4.69, 9.17) is 0 Å². The maximum Gasteiger partial charge on any atom is 0.347 e. The molecule has 0 fully saturated rings. The zero-order chi connectivity index (χ0) is 10.3. The molecule has 6 heteroatoms. The Kier molecular flexibility index (Phi) is 1.63. The van der Waals surface area contributed by atoms with Crippen molar-refractivity contribution in [1.29, 1.82) is 0 Å². The highest BCUT2D eigenvalue weighted by molar-refractivity contribution is 5.57. The van der Waals surface area contributed by atoms with Gasteiger partial charge < -0.3 is 15.2 Å². The molecule has 1 N–H and O–H groups in total. The Morgan fingerprint density at radius 1 is 1.64 bits per heavy atom. The van der Waals surface area contributed by atoms with E-state index in [0.29, 0.717) is 0 Å². The molecule has 14 heavy (non-hydrogen) atoms. The van der Waals surface area contributed by atoms with Gasteiger partial charge in [-0.15, -0.1) is 0 Å². The number of pyridine rings is 1. The predicted molar refractivity (Wildman–Crippen MR) is 48.2 cm³/mol. The van der Waals surface area contributed by atoms with Crippen LogP contribution in [0.15, 0.2) is 18.5 Å². The quantitative estimate of drug-likeness (QED) is 0.546. The minimum Gasteiger partial charge on any atom is -0.503 e. The van der Waals surface area contributed by atoms with Gasteiger partial charge in [0.1, 0.15) is 12.4 Å². The predicted octanol–water partition coefficient (Wildman–Crippen LogP) is 1.26. The molecule has 2 aromatic heterocycles. The number of rotatable bonds is 1. The van der Waals surface area contributed by atoms with E-state index in [0.717, 1.165) is 11.8 Å². The SMILES string of the molecule is Cc1cc(O)c2ncc([N+](=O)[O-])n2c1. The highest BCUT2D eigenvalue weighted by atomic mass is 16.6. The number of aryl methyl sites for hydroxylation is 1. The fourth-order valence-electron chi connectivity index (χ4n) is 1.32. The first-order chi connectivity index (χ1) is 6.59. The number of hydrogen-bond donors (Lipinski definition) is 1. The molecule has 0 atom stereocenters. The van der Waals surface area contributed by atoms with E-state index in [2.05, 4.69) is 4.98 Å². The minimum absolute atomic E-state index is 0.0573. The van der Waals surface area contributed by atoms with Gasteiger partial charge in [0, 0.05) is 0 Å². The Hall–Kier alpha value is -2.11. The summed E-state index contributed by atoms with van der Waals surface area (Å²) in [6.45, 7) is 1.74. The number of imidazole rings is 1. The van der Waals surface area contributed by atoms with Crippen LogP contribution >= 0.6 is 0 Å². The lowest BCUT2D eigenvalue weighted by molar-refractivity contribution is -0.390. The topological polar surface area (TPSA) is 80.7 Å². The molecule has 6 nitrogen and oxygen atoms in total. The molecule has 0 saturated heterocycles. The fourth-order valence-corrected chi connectivity index (χ4v) is 1.32. The van der Waals surface area contributed by atoms with Crippen LogP contribution in [0.4, 0.5) is 5.82 Å². The maximum atomic E-state index is 10.6. The number of nitrogens with zero attached hydrogens (tertiary/aromatic N) is 3. The number of nitro groups is 1. The van der Waals surface area contributed by atoms with Crippen molar-refractivity contribution in [3.63, 3.8) is 0 Å². The Morgan fingerprint density at radius 2 is 2.36 bits per heavy atom. The van der Waals surface area contributed by atoms with Gasteiger partial charge in [-0.2, -0.15) is 4.40 Å². The summed E-state index contributed by atoms with van der Waals surface area (Å²) in [4.78, 5) is 13.8. The van der Waals surface area contributed by atoms with Crippen molar-refractivity contribution in [2.24, 2.45) is 0 Å². The Labute approximate surface area is 78.6 Å². The van der Waals surface area contributed by atoms with Crippen LogP contribution in [0.25, 0.3) is 5.65 Å². The first-order valence-electron chi connectivity index (χ1n) is 3.90. The van der Waals surface area contributed by atoms with Gasteiger partial charge in [-0.3, -0.25) is 0 Å². The first-order valence-corrected chi connectivity index (χ1v) is 3.90. The molecule has 2 aromatic rings. The molecule has 0 radical (unpaired) electrons. The van der Waals surface area contributed by atoms with Gasteiger partial charge in [0.25, 0.3) is 5.65 Å². The zero-order valence-electron chi connectivity index (χ0n) is 7.34. The van der Waals surface area contributed by atoms with Crippen LogP contribution in [0.2, 0.25) is 0 Å². The Bertz CT molecular complexity index is 518. The van der Waals surface area contributed by atoms with Crippen LogP contribution < -0.4 is 0 Å². The molecule has 0 spiro atoms. The van der Waals surface area contributed by atoms with Crippen LogP contribution in [0.1, 0.15) is 5.56 Å². The third kappa shape index (κ3) is 1.08. The summed E-state index contributed by atoms with van der Waals surface area (Å²) >= 11 is 0. The normalized spacial score (nSPS) is 10.6. The summed E-state index contributed by atoms with van der Waals surface area (Å²) in [5.74, 6) is -0.211. The second-order valence-electron chi connectivity index (χ2n) is 2.97. The first kappa shape index (κ1) is 8.49. The molecule has 2 rings (SSSR count). The van der Waals surface area contributed by atoms with E-state index < -0.39 is 4.92 Å². The summed E-state index contributed by atoms with van der Waals surface area (Å²) in [6, 6.07) is 1.51. The van der Waals surface area contributed by atoms with E-state index in [-0.39, 0.29) is 17.2 Å². The van der Waals surface area contributed by atoms with Crippen LogP contribution in [-0.2, 0) is 0 Å². The van der Waals surface area contributed by atoms with Crippen LogP contribution in [-0.4, -0.2) is 19.4 Å². The molecule has 0 aromatic carbocycles. The second-order valence-corrected chi connectivity index (χ2v) is 2.97. The number of aromatic hydroxyl groups is 1. The van der Waals surface area contributed by atoms with Crippen molar-refractivity contribution in [2.45, 2.75) is 6.92 Å². The number of aromatic nitrogens is 2. The van der Waals surface area contributed by atoms with E-state index in [9.17, 15) is 15.2 Å². The minimum atomic E-state index is -0.543. The number of hydrogen-bond acceptors (Lipinski definition) is 4. The zero-order valence-corrected chi connectivity index (χ0v) is 7.34. The maximum absolute atomic E-state index is 10.6. The van der Waals surface area contributed by atoms with Crippen molar-refractivity contribution < 1.29 is 10.0 Å². The molecule has 0 unspecified atom stereocenters. The summed E-state index contributed by atoms with van der Waals surface area (Å²) in [5, 5.41) is 20.0. The highest BCUT2D eigenvalue weighted by Crippen LogP contribution is 2.23. The molecule has 0 aliphatic carbocycles. The summed E-state index contributed by atoms with van der Waals surface area (Å²) in [7, 11) is 0. The third-order valence-corrected chi connectivity index (χ3v) is 1.89. The standard InChI is InChI=1S/C8H7N3O3/c1-5-2-6(12)8-9-3-7(11(13)14)10(8)4-5/h2-4,12H,1H3. The van der Waals surface area contributed by atoms with E-state index in [1.54, 1.807) is 13.1 Å². The van der Waals surface area contributed by atoms with Crippen molar-refractivity contribution in [3.05, 3.63) is 34.1 Å². The Morgan fingerprint density at radius 3 is 3.00 bits per heavy atom. The number of fused-ring (bicyclic) bond motifs is 1. The van der Waals surface area contributed by atoms with Gasteiger partial charge >= 0.3 is 5.82 Å². The average Bonchev–Trinajstić information content (AvgIpc) is 2.47. The van der Waals surface area contributed by atoms with Crippen LogP contribution in [0.3, 0.4) is 0 Å². The van der Waals surface area contributed by atoms with Gasteiger partial charge in [0.05, 0.1) is 0 Å². The van der Waals surface area contributed by atoms with E-state index in [1.807, 2.05) is 0 Å². The molecular weight excluding hydrogens is 186 g/mol.